The van der Waals surface area contributed by atoms with Gasteiger partial charge < -0.3 is 5.32 Å². The molecule has 0 aromatic heterocycles. The second kappa shape index (κ2) is 9.00. The minimum absolute atomic E-state index is 0.158. The van der Waals surface area contributed by atoms with E-state index in [2.05, 4.69) is 5.32 Å². The van der Waals surface area contributed by atoms with Gasteiger partial charge in [-0.2, -0.15) is 4.31 Å². The summed E-state index contributed by atoms with van der Waals surface area (Å²) < 4.78 is 53.3. The Balaban J connectivity index is 1.49. The lowest BCUT2D eigenvalue weighted by molar-refractivity contribution is -0.126. The molecule has 0 atom stereocenters. The zero-order chi connectivity index (χ0) is 21.0. The van der Waals surface area contributed by atoms with Gasteiger partial charge in [0.1, 0.15) is 11.6 Å². The van der Waals surface area contributed by atoms with Crippen LogP contribution in [0.25, 0.3) is 0 Å². The SMILES string of the molecule is Cc1ccc(S(=O)(=O)N2CCC(C(=O)NCCc3cc(F)cc(F)c3)CC2)cc1. The van der Waals surface area contributed by atoms with E-state index in [0.717, 1.165) is 11.6 Å². The van der Waals surface area contributed by atoms with Gasteiger partial charge in [0, 0.05) is 31.6 Å². The summed E-state index contributed by atoms with van der Waals surface area (Å²) in [4.78, 5) is 12.6. The number of carbonyl (C=O) groups is 1. The first kappa shape index (κ1) is 21.4. The number of nitrogens with zero attached hydrogens (tertiary/aromatic N) is 1. The Hall–Kier alpha value is -2.32. The Labute approximate surface area is 169 Å². The van der Waals surface area contributed by atoms with E-state index in [9.17, 15) is 22.0 Å². The molecule has 1 heterocycles. The molecule has 2 aromatic carbocycles. The van der Waals surface area contributed by atoms with Crippen molar-refractivity contribution in [2.75, 3.05) is 19.6 Å². The van der Waals surface area contributed by atoms with Crippen molar-refractivity contribution in [3.05, 3.63) is 65.2 Å². The largest absolute Gasteiger partial charge is 0.356 e. The summed E-state index contributed by atoms with van der Waals surface area (Å²) >= 11 is 0. The van der Waals surface area contributed by atoms with E-state index in [0.29, 0.717) is 24.8 Å². The Morgan fingerprint density at radius 1 is 1.07 bits per heavy atom. The van der Waals surface area contributed by atoms with Crippen LogP contribution in [0.4, 0.5) is 8.78 Å². The fourth-order valence-electron chi connectivity index (χ4n) is 3.45. The predicted octanol–water partition coefficient (Wildman–Crippen LogP) is 3.03. The molecule has 5 nitrogen and oxygen atoms in total. The molecule has 0 radical (unpaired) electrons. The van der Waals surface area contributed by atoms with E-state index < -0.39 is 21.7 Å². The Morgan fingerprint density at radius 3 is 2.24 bits per heavy atom. The second-order valence-corrected chi connectivity index (χ2v) is 9.25. The van der Waals surface area contributed by atoms with Crippen LogP contribution in [0.2, 0.25) is 0 Å². The molecular weight excluding hydrogens is 398 g/mol. The first-order chi connectivity index (χ1) is 13.8. The third-order valence-electron chi connectivity index (χ3n) is 5.12. The molecule has 1 fully saturated rings. The quantitative estimate of drug-likeness (QED) is 0.778. The molecule has 29 heavy (non-hydrogen) atoms. The molecule has 0 saturated carbocycles. The predicted molar refractivity (Wildman–Crippen MR) is 106 cm³/mol. The zero-order valence-electron chi connectivity index (χ0n) is 16.2. The van der Waals surface area contributed by atoms with Crippen LogP contribution >= 0.6 is 0 Å². The highest BCUT2D eigenvalue weighted by molar-refractivity contribution is 7.89. The van der Waals surface area contributed by atoms with Crippen LogP contribution in [0.1, 0.15) is 24.0 Å². The smallest absolute Gasteiger partial charge is 0.243 e. The molecule has 1 aliphatic rings. The second-order valence-electron chi connectivity index (χ2n) is 7.31. The van der Waals surface area contributed by atoms with Crippen molar-refractivity contribution in [3.8, 4) is 0 Å². The van der Waals surface area contributed by atoms with Crippen molar-refractivity contribution in [1.29, 1.82) is 0 Å². The van der Waals surface area contributed by atoms with Crippen molar-refractivity contribution < 1.29 is 22.0 Å². The van der Waals surface area contributed by atoms with Crippen LogP contribution < -0.4 is 5.32 Å². The summed E-state index contributed by atoms with van der Waals surface area (Å²) in [6.45, 7) is 2.72. The summed E-state index contributed by atoms with van der Waals surface area (Å²) in [7, 11) is -3.56. The molecule has 1 saturated heterocycles. The highest BCUT2D eigenvalue weighted by Crippen LogP contribution is 2.24. The maximum Gasteiger partial charge on any atom is 0.243 e. The van der Waals surface area contributed by atoms with Crippen molar-refractivity contribution in [3.63, 3.8) is 0 Å². The number of benzene rings is 2. The van der Waals surface area contributed by atoms with Crippen LogP contribution in [0.5, 0.6) is 0 Å². The summed E-state index contributed by atoms with van der Waals surface area (Å²) in [5.74, 6) is -1.72. The number of carbonyl (C=O) groups excluding carboxylic acids is 1. The highest BCUT2D eigenvalue weighted by atomic mass is 32.2. The number of hydrogen-bond acceptors (Lipinski definition) is 3. The third kappa shape index (κ3) is 5.39. The van der Waals surface area contributed by atoms with E-state index in [1.165, 1.54) is 16.4 Å². The van der Waals surface area contributed by atoms with Crippen LogP contribution in [-0.2, 0) is 21.2 Å². The molecule has 2 aromatic rings. The lowest BCUT2D eigenvalue weighted by Crippen LogP contribution is -2.43. The first-order valence-corrected chi connectivity index (χ1v) is 11.0. The fourth-order valence-corrected chi connectivity index (χ4v) is 4.92. The number of aryl methyl sites for hydroxylation is 1. The van der Waals surface area contributed by atoms with Crippen LogP contribution in [-0.4, -0.2) is 38.3 Å². The van der Waals surface area contributed by atoms with Gasteiger partial charge in [-0.25, -0.2) is 17.2 Å². The highest BCUT2D eigenvalue weighted by Gasteiger charge is 2.31. The summed E-state index contributed by atoms with van der Waals surface area (Å²) in [5.41, 5.74) is 1.46. The lowest BCUT2D eigenvalue weighted by Gasteiger charge is -2.30. The average molecular weight is 422 g/mol. The molecule has 0 aliphatic carbocycles. The summed E-state index contributed by atoms with van der Waals surface area (Å²) in [6.07, 6.45) is 1.19. The number of amides is 1. The molecular formula is C21H24F2N2O3S. The third-order valence-corrected chi connectivity index (χ3v) is 7.03. The Bertz CT molecular complexity index is 950. The molecule has 0 spiro atoms. The number of sulfonamides is 1. The summed E-state index contributed by atoms with van der Waals surface area (Å²) in [5, 5.41) is 2.78. The Kier molecular flexibility index (Phi) is 6.64. The van der Waals surface area contributed by atoms with E-state index >= 15 is 0 Å². The fraction of sp³-hybridized carbons (Fsp3) is 0.381. The zero-order valence-corrected chi connectivity index (χ0v) is 17.0. The lowest BCUT2D eigenvalue weighted by atomic mass is 9.97. The van der Waals surface area contributed by atoms with E-state index in [1.807, 2.05) is 6.92 Å². The van der Waals surface area contributed by atoms with Gasteiger partial charge in [0.05, 0.1) is 4.90 Å². The molecule has 8 heteroatoms. The average Bonchev–Trinajstić information content (AvgIpc) is 2.67. The molecule has 1 N–H and O–H groups in total. The standard InChI is InChI=1S/C21H24F2N2O3S/c1-15-2-4-20(5-3-15)29(27,28)25-10-7-17(8-11-25)21(26)24-9-6-16-12-18(22)14-19(23)13-16/h2-5,12-14,17H,6-11H2,1H3,(H,24,26). The van der Waals surface area contributed by atoms with Crippen LogP contribution in [0.3, 0.4) is 0 Å². The van der Waals surface area contributed by atoms with Gasteiger partial charge >= 0.3 is 0 Å². The monoisotopic (exact) mass is 422 g/mol. The van der Waals surface area contributed by atoms with Gasteiger partial charge in [0.2, 0.25) is 15.9 Å². The number of piperidine rings is 1. The van der Waals surface area contributed by atoms with Gasteiger partial charge in [-0.1, -0.05) is 17.7 Å². The molecule has 1 amide bonds. The molecule has 0 unspecified atom stereocenters. The van der Waals surface area contributed by atoms with Crippen molar-refractivity contribution in [2.45, 2.75) is 31.1 Å². The number of hydrogen-bond donors (Lipinski definition) is 1. The minimum Gasteiger partial charge on any atom is -0.356 e. The number of halogens is 2. The topological polar surface area (TPSA) is 66.5 Å². The number of rotatable bonds is 6. The normalized spacial score (nSPS) is 16.0. The molecule has 156 valence electrons. The van der Waals surface area contributed by atoms with Crippen LogP contribution in [0.15, 0.2) is 47.4 Å². The molecule has 0 bridgehead atoms. The minimum atomic E-state index is -3.56. The van der Waals surface area contributed by atoms with Gasteiger partial charge in [0.15, 0.2) is 0 Å². The summed E-state index contributed by atoms with van der Waals surface area (Å²) in [6, 6.07) is 10.0. The maximum absolute atomic E-state index is 13.2. The molecule has 1 aliphatic heterocycles. The van der Waals surface area contributed by atoms with E-state index in [-0.39, 0.29) is 36.4 Å². The molecule has 3 rings (SSSR count). The number of nitrogens with one attached hydrogen (secondary N) is 1. The van der Waals surface area contributed by atoms with Gasteiger partial charge in [-0.3, -0.25) is 4.79 Å². The van der Waals surface area contributed by atoms with Crippen molar-refractivity contribution in [2.24, 2.45) is 5.92 Å². The first-order valence-electron chi connectivity index (χ1n) is 9.55. The van der Waals surface area contributed by atoms with Crippen molar-refractivity contribution >= 4 is 15.9 Å². The van der Waals surface area contributed by atoms with E-state index in [4.69, 9.17) is 0 Å². The van der Waals surface area contributed by atoms with Crippen molar-refractivity contribution in [1.82, 2.24) is 9.62 Å². The van der Waals surface area contributed by atoms with Gasteiger partial charge in [-0.05, 0) is 56.0 Å². The van der Waals surface area contributed by atoms with Gasteiger partial charge in [-0.15, -0.1) is 0 Å². The van der Waals surface area contributed by atoms with Crippen LogP contribution in [0, 0.1) is 24.5 Å². The van der Waals surface area contributed by atoms with Gasteiger partial charge in [0.25, 0.3) is 0 Å². The maximum atomic E-state index is 13.2. The van der Waals surface area contributed by atoms with E-state index in [1.54, 1.807) is 24.3 Å². The Morgan fingerprint density at radius 2 is 1.66 bits per heavy atom.